The van der Waals surface area contributed by atoms with Gasteiger partial charge in [0.05, 0.1) is 0 Å². The highest BCUT2D eigenvalue weighted by Gasteiger charge is 2.15. The lowest BCUT2D eigenvalue weighted by Crippen LogP contribution is -2.13. The predicted molar refractivity (Wildman–Crippen MR) is 77.4 cm³/mol. The summed E-state index contributed by atoms with van der Waals surface area (Å²) in [5.74, 6) is 0. The normalized spacial score (nSPS) is 11.5. The van der Waals surface area contributed by atoms with Gasteiger partial charge >= 0.3 is 0 Å². The monoisotopic (exact) mass is 239 g/mol. The van der Waals surface area contributed by atoms with E-state index in [0.29, 0.717) is 5.41 Å². The smallest absolute Gasteiger partial charge is 0.0346 e. The molecular weight excluding hydrogens is 218 g/mol. The quantitative estimate of drug-likeness (QED) is 0.751. The van der Waals surface area contributed by atoms with Gasteiger partial charge in [0.15, 0.2) is 0 Å². The first-order valence-electron chi connectivity index (χ1n) is 6.60. The molecule has 18 heavy (non-hydrogen) atoms. The number of pyridine rings is 1. The van der Waals surface area contributed by atoms with Gasteiger partial charge in [-0.05, 0) is 34.6 Å². The maximum absolute atomic E-state index is 4.16. The summed E-state index contributed by atoms with van der Waals surface area (Å²) in [5, 5.41) is 0. The van der Waals surface area contributed by atoms with Crippen molar-refractivity contribution in [3.8, 4) is 11.1 Å². The van der Waals surface area contributed by atoms with Crippen molar-refractivity contribution >= 4 is 0 Å². The first-order valence-corrected chi connectivity index (χ1v) is 6.60. The van der Waals surface area contributed by atoms with Crippen molar-refractivity contribution in [1.29, 1.82) is 0 Å². The average molecular weight is 239 g/mol. The second-order valence-corrected chi connectivity index (χ2v) is 5.63. The predicted octanol–water partition coefficient (Wildman–Crippen LogP) is 4.73. The Bertz CT molecular complexity index is 483. The summed E-state index contributed by atoms with van der Waals surface area (Å²) in [5.41, 5.74) is 4.21. The molecule has 0 aliphatic carbocycles. The molecule has 0 saturated carbocycles. The van der Waals surface area contributed by atoms with Crippen molar-refractivity contribution in [2.24, 2.45) is 5.41 Å². The average Bonchev–Trinajstić information content (AvgIpc) is 2.40. The summed E-state index contributed by atoms with van der Waals surface area (Å²) in [6.45, 7) is 6.90. The van der Waals surface area contributed by atoms with Crippen molar-refractivity contribution in [2.45, 2.75) is 33.6 Å². The fraction of sp³-hybridized carbons (Fsp3) is 0.353. The molecule has 0 fully saturated rings. The van der Waals surface area contributed by atoms with Crippen LogP contribution in [0.2, 0.25) is 0 Å². The molecule has 0 spiro atoms. The zero-order chi connectivity index (χ0) is 13.0. The Morgan fingerprint density at radius 2 is 1.72 bits per heavy atom. The van der Waals surface area contributed by atoms with E-state index >= 15 is 0 Å². The summed E-state index contributed by atoms with van der Waals surface area (Å²) >= 11 is 0. The molecule has 0 radical (unpaired) electrons. The lowest BCUT2D eigenvalue weighted by Gasteiger charge is -2.22. The molecule has 2 aromatic rings. The van der Waals surface area contributed by atoms with E-state index in [1.165, 1.54) is 23.1 Å². The molecule has 0 bridgehead atoms. The third kappa shape index (κ3) is 3.19. The third-order valence-electron chi connectivity index (χ3n) is 3.59. The van der Waals surface area contributed by atoms with E-state index < -0.39 is 0 Å². The van der Waals surface area contributed by atoms with E-state index in [-0.39, 0.29) is 0 Å². The standard InChI is InChI=1S/C17H21N/c1-4-17(2,3)12-14-7-9-15(10-8-14)16-6-5-11-18-13-16/h5-11,13H,4,12H2,1-3H3. The second-order valence-electron chi connectivity index (χ2n) is 5.63. The van der Waals surface area contributed by atoms with Crippen molar-refractivity contribution in [1.82, 2.24) is 4.98 Å². The van der Waals surface area contributed by atoms with Gasteiger partial charge in [0.2, 0.25) is 0 Å². The van der Waals surface area contributed by atoms with Gasteiger partial charge in [0, 0.05) is 12.4 Å². The number of hydrogen-bond acceptors (Lipinski definition) is 1. The van der Waals surface area contributed by atoms with E-state index in [2.05, 4.69) is 56.1 Å². The highest BCUT2D eigenvalue weighted by molar-refractivity contribution is 5.62. The van der Waals surface area contributed by atoms with Crippen molar-refractivity contribution < 1.29 is 0 Å². The Morgan fingerprint density at radius 1 is 1.00 bits per heavy atom. The van der Waals surface area contributed by atoms with E-state index in [4.69, 9.17) is 0 Å². The van der Waals surface area contributed by atoms with E-state index in [9.17, 15) is 0 Å². The zero-order valence-electron chi connectivity index (χ0n) is 11.5. The molecule has 0 saturated heterocycles. The van der Waals surface area contributed by atoms with Crippen molar-refractivity contribution in [3.63, 3.8) is 0 Å². The van der Waals surface area contributed by atoms with Crippen LogP contribution < -0.4 is 0 Å². The minimum absolute atomic E-state index is 0.385. The van der Waals surface area contributed by atoms with Crippen molar-refractivity contribution in [3.05, 3.63) is 54.4 Å². The Morgan fingerprint density at radius 3 is 2.28 bits per heavy atom. The third-order valence-corrected chi connectivity index (χ3v) is 3.59. The maximum Gasteiger partial charge on any atom is 0.0346 e. The van der Waals surface area contributed by atoms with Crippen LogP contribution in [0, 0.1) is 5.41 Å². The van der Waals surface area contributed by atoms with Crippen LogP contribution in [0.1, 0.15) is 32.8 Å². The van der Waals surface area contributed by atoms with Crippen LogP contribution in [0.15, 0.2) is 48.8 Å². The molecule has 1 aromatic heterocycles. The molecular formula is C17H21N. The minimum atomic E-state index is 0.385. The molecule has 1 heteroatoms. The van der Waals surface area contributed by atoms with Gasteiger partial charge in [-0.2, -0.15) is 0 Å². The number of benzene rings is 1. The van der Waals surface area contributed by atoms with Crippen molar-refractivity contribution in [2.75, 3.05) is 0 Å². The highest BCUT2D eigenvalue weighted by Crippen LogP contribution is 2.26. The summed E-state index contributed by atoms with van der Waals surface area (Å²) < 4.78 is 0. The summed E-state index contributed by atoms with van der Waals surface area (Å²) in [7, 11) is 0. The molecule has 1 nitrogen and oxygen atoms in total. The summed E-state index contributed by atoms with van der Waals surface area (Å²) in [6.07, 6.45) is 6.06. The molecule has 2 rings (SSSR count). The number of hydrogen-bond donors (Lipinski definition) is 0. The van der Waals surface area contributed by atoms with E-state index in [0.717, 1.165) is 6.42 Å². The molecule has 0 aliphatic rings. The van der Waals surface area contributed by atoms with Gasteiger partial charge in [-0.25, -0.2) is 0 Å². The Balaban J connectivity index is 2.16. The lowest BCUT2D eigenvalue weighted by molar-refractivity contribution is 0.349. The molecule has 0 N–H and O–H groups in total. The van der Waals surface area contributed by atoms with Crippen LogP contribution in [0.25, 0.3) is 11.1 Å². The number of nitrogens with zero attached hydrogens (tertiary/aromatic N) is 1. The number of rotatable bonds is 4. The fourth-order valence-electron chi connectivity index (χ4n) is 2.03. The minimum Gasteiger partial charge on any atom is -0.264 e. The molecule has 1 heterocycles. The van der Waals surface area contributed by atoms with Gasteiger partial charge in [0.25, 0.3) is 0 Å². The maximum atomic E-state index is 4.16. The SMILES string of the molecule is CCC(C)(C)Cc1ccc(-c2cccnc2)cc1. The Kier molecular flexibility index (Phi) is 3.81. The van der Waals surface area contributed by atoms with Gasteiger partial charge in [-0.15, -0.1) is 0 Å². The molecule has 0 aliphatic heterocycles. The first kappa shape index (κ1) is 12.8. The molecule has 0 atom stereocenters. The first-order chi connectivity index (χ1) is 8.61. The fourth-order valence-corrected chi connectivity index (χ4v) is 2.03. The lowest BCUT2D eigenvalue weighted by atomic mass is 9.83. The van der Waals surface area contributed by atoms with Crippen LogP contribution in [-0.2, 0) is 6.42 Å². The Hall–Kier alpha value is -1.63. The second kappa shape index (κ2) is 5.34. The highest BCUT2D eigenvalue weighted by atomic mass is 14.6. The van der Waals surface area contributed by atoms with Crippen LogP contribution in [0.3, 0.4) is 0 Å². The van der Waals surface area contributed by atoms with E-state index in [1.54, 1.807) is 0 Å². The van der Waals surface area contributed by atoms with Gasteiger partial charge in [-0.1, -0.05) is 57.5 Å². The summed E-state index contributed by atoms with van der Waals surface area (Å²) in [4.78, 5) is 4.16. The molecule has 0 amide bonds. The van der Waals surface area contributed by atoms with Gasteiger partial charge < -0.3 is 0 Å². The zero-order valence-corrected chi connectivity index (χ0v) is 11.5. The summed E-state index contributed by atoms with van der Waals surface area (Å²) in [6, 6.07) is 12.9. The van der Waals surface area contributed by atoms with Gasteiger partial charge in [0.1, 0.15) is 0 Å². The van der Waals surface area contributed by atoms with Gasteiger partial charge in [-0.3, -0.25) is 4.98 Å². The van der Waals surface area contributed by atoms with Crippen LogP contribution >= 0.6 is 0 Å². The topological polar surface area (TPSA) is 12.9 Å². The number of aromatic nitrogens is 1. The Labute approximate surface area is 110 Å². The van der Waals surface area contributed by atoms with E-state index in [1.807, 2.05) is 18.5 Å². The van der Waals surface area contributed by atoms with Crippen LogP contribution in [-0.4, -0.2) is 4.98 Å². The molecule has 94 valence electrons. The molecule has 0 unspecified atom stereocenters. The largest absolute Gasteiger partial charge is 0.264 e. The molecule has 1 aromatic carbocycles. The van der Waals surface area contributed by atoms with Crippen LogP contribution in [0.5, 0.6) is 0 Å². The van der Waals surface area contributed by atoms with Crippen LogP contribution in [0.4, 0.5) is 0 Å².